The van der Waals surface area contributed by atoms with Crippen molar-refractivity contribution in [1.29, 1.82) is 0 Å². The Morgan fingerprint density at radius 2 is 1.85 bits per heavy atom. The second-order valence-electron chi connectivity index (χ2n) is 7.09. The van der Waals surface area contributed by atoms with Crippen LogP contribution < -0.4 is 4.90 Å². The van der Waals surface area contributed by atoms with Crippen molar-refractivity contribution < 1.29 is 18.1 Å². The zero-order valence-corrected chi connectivity index (χ0v) is 16.2. The molecule has 1 fully saturated rings. The molecule has 0 amide bonds. The van der Waals surface area contributed by atoms with Crippen LogP contribution >= 0.6 is 0 Å². The number of benzene rings is 1. The van der Waals surface area contributed by atoms with E-state index < -0.39 is 9.84 Å². The SMILES string of the molecule is Cc1ccc(S(=O)(=O)Cn2nnnc2[C@H](C(C)C)[NH+]2CCOCC2)cc1. The Labute approximate surface area is 154 Å². The van der Waals surface area contributed by atoms with Gasteiger partial charge in [-0.15, -0.1) is 5.10 Å². The summed E-state index contributed by atoms with van der Waals surface area (Å²) < 4.78 is 32.5. The molecule has 2 aromatic rings. The molecular formula is C17H26N5O3S+. The second kappa shape index (κ2) is 7.81. The van der Waals surface area contributed by atoms with Crippen LogP contribution in [0.15, 0.2) is 29.2 Å². The molecule has 1 aliphatic rings. The van der Waals surface area contributed by atoms with Crippen molar-refractivity contribution in [2.45, 2.75) is 37.6 Å². The molecule has 1 N–H and O–H groups in total. The average molecular weight is 380 g/mol. The van der Waals surface area contributed by atoms with Crippen LogP contribution in [-0.2, 0) is 20.5 Å². The Balaban J connectivity index is 1.88. The van der Waals surface area contributed by atoms with Crippen LogP contribution in [0.1, 0.15) is 31.3 Å². The Kier molecular flexibility index (Phi) is 5.69. The van der Waals surface area contributed by atoms with Crippen molar-refractivity contribution in [3.05, 3.63) is 35.7 Å². The first-order valence-corrected chi connectivity index (χ1v) is 10.5. The van der Waals surface area contributed by atoms with Crippen molar-refractivity contribution in [3.63, 3.8) is 0 Å². The fourth-order valence-electron chi connectivity index (χ4n) is 3.40. The van der Waals surface area contributed by atoms with E-state index in [1.807, 2.05) is 6.92 Å². The van der Waals surface area contributed by atoms with Crippen molar-refractivity contribution in [2.24, 2.45) is 5.92 Å². The first-order chi connectivity index (χ1) is 12.4. The van der Waals surface area contributed by atoms with Gasteiger partial charge in [-0.2, -0.15) is 0 Å². The summed E-state index contributed by atoms with van der Waals surface area (Å²) in [6, 6.07) is 6.87. The summed E-state index contributed by atoms with van der Waals surface area (Å²) in [6.07, 6.45) is 0. The predicted molar refractivity (Wildman–Crippen MR) is 95.3 cm³/mol. The van der Waals surface area contributed by atoms with E-state index in [4.69, 9.17) is 4.74 Å². The molecular weight excluding hydrogens is 354 g/mol. The van der Waals surface area contributed by atoms with Gasteiger partial charge in [0.05, 0.1) is 18.1 Å². The van der Waals surface area contributed by atoms with Gasteiger partial charge in [0.2, 0.25) is 5.82 Å². The monoisotopic (exact) mass is 380 g/mol. The highest BCUT2D eigenvalue weighted by atomic mass is 32.2. The summed E-state index contributed by atoms with van der Waals surface area (Å²) in [5, 5.41) is 11.9. The zero-order valence-electron chi connectivity index (χ0n) is 15.4. The Hall–Kier alpha value is -1.84. The molecule has 0 saturated carbocycles. The highest BCUT2D eigenvalue weighted by Crippen LogP contribution is 2.19. The molecule has 1 aromatic heterocycles. The summed E-state index contributed by atoms with van der Waals surface area (Å²) >= 11 is 0. The first kappa shape index (κ1) is 18.9. The number of rotatable bonds is 6. The van der Waals surface area contributed by atoms with Crippen LogP contribution in [0.3, 0.4) is 0 Å². The van der Waals surface area contributed by atoms with Crippen molar-refractivity contribution in [1.82, 2.24) is 20.2 Å². The van der Waals surface area contributed by atoms with Crippen LogP contribution in [0.25, 0.3) is 0 Å². The summed E-state index contributed by atoms with van der Waals surface area (Å²) in [6.45, 7) is 9.26. The lowest BCUT2D eigenvalue weighted by Crippen LogP contribution is -3.15. The standard InChI is InChI=1S/C17H25N5O3S/c1-13(2)16(21-8-10-25-11-9-21)17-18-19-20-22(17)12-26(23,24)15-6-4-14(3)5-7-15/h4-7,13,16H,8-12H2,1-3H3/p+1/t16-/m0/s1. The number of ether oxygens (including phenoxy) is 1. The number of sulfone groups is 1. The molecule has 0 bridgehead atoms. The molecule has 1 atom stereocenters. The van der Waals surface area contributed by atoms with Gasteiger partial charge in [-0.25, -0.2) is 13.1 Å². The molecule has 1 aliphatic heterocycles. The lowest BCUT2D eigenvalue weighted by atomic mass is 10.0. The van der Waals surface area contributed by atoms with Crippen LogP contribution in [0, 0.1) is 12.8 Å². The van der Waals surface area contributed by atoms with Crippen LogP contribution in [-0.4, -0.2) is 54.9 Å². The molecule has 0 unspecified atom stereocenters. The number of aryl methyl sites for hydroxylation is 1. The second-order valence-corrected chi connectivity index (χ2v) is 9.04. The molecule has 0 aliphatic carbocycles. The van der Waals surface area contributed by atoms with Crippen molar-refractivity contribution >= 4 is 9.84 Å². The van der Waals surface area contributed by atoms with Gasteiger partial charge in [-0.3, -0.25) is 0 Å². The molecule has 26 heavy (non-hydrogen) atoms. The number of hydrogen-bond donors (Lipinski definition) is 1. The van der Waals surface area contributed by atoms with Gasteiger partial charge < -0.3 is 9.64 Å². The minimum atomic E-state index is -3.53. The fraction of sp³-hybridized carbons (Fsp3) is 0.588. The van der Waals surface area contributed by atoms with E-state index in [1.54, 1.807) is 24.3 Å². The lowest BCUT2D eigenvalue weighted by Gasteiger charge is -2.32. The number of aromatic nitrogens is 4. The van der Waals surface area contributed by atoms with Crippen LogP contribution in [0.5, 0.6) is 0 Å². The highest BCUT2D eigenvalue weighted by Gasteiger charge is 2.34. The third kappa shape index (κ3) is 4.11. The Morgan fingerprint density at radius 3 is 2.46 bits per heavy atom. The van der Waals surface area contributed by atoms with E-state index in [2.05, 4.69) is 29.4 Å². The van der Waals surface area contributed by atoms with E-state index in [-0.39, 0.29) is 22.7 Å². The third-order valence-corrected chi connectivity index (χ3v) is 6.33. The molecule has 1 aromatic carbocycles. The van der Waals surface area contributed by atoms with Crippen molar-refractivity contribution in [2.75, 3.05) is 26.3 Å². The maximum Gasteiger partial charge on any atom is 0.210 e. The van der Waals surface area contributed by atoms with Gasteiger partial charge in [-0.1, -0.05) is 31.5 Å². The number of tetrazole rings is 1. The van der Waals surface area contributed by atoms with Gasteiger partial charge in [0.25, 0.3) is 0 Å². The number of hydrogen-bond acceptors (Lipinski definition) is 6. The number of nitrogens with zero attached hydrogens (tertiary/aromatic N) is 4. The van der Waals surface area contributed by atoms with E-state index in [9.17, 15) is 8.42 Å². The molecule has 2 heterocycles. The maximum atomic E-state index is 12.8. The Morgan fingerprint density at radius 1 is 1.19 bits per heavy atom. The molecule has 3 rings (SSSR count). The van der Waals surface area contributed by atoms with E-state index >= 15 is 0 Å². The van der Waals surface area contributed by atoms with Gasteiger partial charge in [0.15, 0.2) is 21.8 Å². The molecule has 0 spiro atoms. The molecule has 0 radical (unpaired) electrons. The molecule has 9 heteroatoms. The quantitative estimate of drug-likeness (QED) is 0.760. The maximum absolute atomic E-state index is 12.8. The molecule has 8 nitrogen and oxygen atoms in total. The van der Waals surface area contributed by atoms with E-state index in [0.717, 1.165) is 18.7 Å². The third-order valence-electron chi connectivity index (χ3n) is 4.75. The van der Waals surface area contributed by atoms with Gasteiger partial charge >= 0.3 is 0 Å². The summed E-state index contributed by atoms with van der Waals surface area (Å²) in [5.74, 6) is 0.633. The van der Waals surface area contributed by atoms with Crippen LogP contribution in [0.2, 0.25) is 0 Å². The van der Waals surface area contributed by atoms with Crippen LogP contribution in [0.4, 0.5) is 0 Å². The number of quaternary nitrogens is 1. The van der Waals surface area contributed by atoms with Gasteiger partial charge in [0, 0.05) is 5.92 Å². The lowest BCUT2D eigenvalue weighted by molar-refractivity contribution is -0.943. The number of nitrogens with one attached hydrogen (secondary N) is 1. The number of morpholine rings is 1. The van der Waals surface area contributed by atoms with Gasteiger partial charge in [-0.05, 0) is 29.5 Å². The summed E-state index contributed by atoms with van der Waals surface area (Å²) in [7, 11) is -3.53. The fourth-order valence-corrected chi connectivity index (χ4v) is 4.61. The average Bonchev–Trinajstić information content (AvgIpc) is 3.03. The van der Waals surface area contributed by atoms with Gasteiger partial charge in [0.1, 0.15) is 13.1 Å². The highest BCUT2D eigenvalue weighted by molar-refractivity contribution is 7.90. The summed E-state index contributed by atoms with van der Waals surface area (Å²) in [5.41, 5.74) is 1.02. The minimum Gasteiger partial charge on any atom is -0.370 e. The normalized spacial score (nSPS) is 17.5. The molecule has 142 valence electrons. The molecule has 1 saturated heterocycles. The zero-order chi connectivity index (χ0) is 18.7. The van der Waals surface area contributed by atoms with Crippen molar-refractivity contribution in [3.8, 4) is 0 Å². The Bertz CT molecular complexity index is 826. The van der Waals surface area contributed by atoms with E-state index in [0.29, 0.717) is 19.0 Å². The summed E-state index contributed by atoms with van der Waals surface area (Å²) in [4.78, 5) is 1.61. The predicted octanol–water partition coefficient (Wildman–Crippen LogP) is 0.0251. The largest absolute Gasteiger partial charge is 0.370 e. The first-order valence-electron chi connectivity index (χ1n) is 8.86. The topological polar surface area (TPSA) is 91.4 Å². The minimum absolute atomic E-state index is 0.0297. The van der Waals surface area contributed by atoms with E-state index in [1.165, 1.54) is 9.58 Å². The smallest absolute Gasteiger partial charge is 0.210 e.